The van der Waals surface area contributed by atoms with Crippen LogP contribution in [-0.2, 0) is 24.9 Å². The lowest BCUT2D eigenvalue weighted by atomic mass is 10.1. The summed E-state index contributed by atoms with van der Waals surface area (Å²) >= 11 is 0. The first kappa shape index (κ1) is 29.3. The van der Waals surface area contributed by atoms with E-state index in [0.717, 1.165) is 5.56 Å². The van der Waals surface area contributed by atoms with E-state index in [1.807, 2.05) is 30.3 Å². The molecule has 5 rings (SSSR count). The molecule has 4 atom stereocenters. The zero-order valence-electron chi connectivity index (χ0n) is 24.4. The topological polar surface area (TPSA) is 98.0 Å². The van der Waals surface area contributed by atoms with Gasteiger partial charge in [0.2, 0.25) is 0 Å². The number of aromatic nitrogens is 2. The maximum atomic E-state index is 13.8. The summed E-state index contributed by atoms with van der Waals surface area (Å²) in [7, 11) is -2.90. The van der Waals surface area contributed by atoms with Gasteiger partial charge < -0.3 is 18.3 Å². The molecule has 0 unspecified atom stereocenters. The highest BCUT2D eigenvalue weighted by atomic mass is 28.4. The van der Waals surface area contributed by atoms with Crippen molar-refractivity contribution in [1.29, 1.82) is 0 Å². The Morgan fingerprint density at radius 1 is 0.927 bits per heavy atom. The van der Waals surface area contributed by atoms with E-state index in [1.54, 1.807) is 30.3 Å². The van der Waals surface area contributed by atoms with E-state index in [4.69, 9.17) is 18.3 Å². The second kappa shape index (κ2) is 10.9. The molecule has 10 heteroatoms. The number of fused-ring (bicyclic) bond motifs is 1. The predicted molar refractivity (Wildman–Crippen MR) is 156 cm³/mol. The Bertz CT molecular complexity index is 1490. The van der Waals surface area contributed by atoms with Gasteiger partial charge in [0, 0.05) is 27.9 Å². The highest BCUT2D eigenvalue weighted by Gasteiger charge is 2.65. The molecular weight excluding hydrogens is 540 g/mol. The molecule has 0 saturated carbocycles. The Labute approximate surface area is 240 Å². The molecule has 0 spiro atoms. The molecule has 0 aliphatic carbocycles. The summed E-state index contributed by atoms with van der Waals surface area (Å²) in [6.07, 6.45) is -1.34. The van der Waals surface area contributed by atoms with Crippen molar-refractivity contribution in [2.75, 3.05) is 6.61 Å². The lowest BCUT2D eigenvalue weighted by Crippen LogP contribution is -2.65. The predicted octanol–water partition coefficient (Wildman–Crippen LogP) is 4.64. The minimum absolute atomic E-state index is 0.227. The Morgan fingerprint density at radius 3 is 2.15 bits per heavy atom. The Balaban J connectivity index is 1.57. The van der Waals surface area contributed by atoms with Crippen LogP contribution in [0.2, 0.25) is 10.1 Å². The SMILES string of the molecule is CC(C)(C)[Si]1(C(C)(C)C)OC[C@H]2O[C@@H](n3ccc(=O)n(C(=O)c4ccccc4)c3=O)[C@H](OCc3ccccc3)[C@@H]2O1. The number of rotatable bonds is 5. The van der Waals surface area contributed by atoms with Crippen LogP contribution in [0, 0.1) is 0 Å². The van der Waals surface area contributed by atoms with Crippen LogP contribution < -0.4 is 11.2 Å². The Morgan fingerprint density at radius 2 is 1.54 bits per heavy atom. The maximum absolute atomic E-state index is 13.8. The number of hydrogen-bond acceptors (Lipinski definition) is 7. The molecule has 2 saturated heterocycles. The van der Waals surface area contributed by atoms with Crippen LogP contribution in [0.3, 0.4) is 0 Å². The molecule has 41 heavy (non-hydrogen) atoms. The van der Waals surface area contributed by atoms with Gasteiger partial charge in [-0.15, -0.1) is 0 Å². The van der Waals surface area contributed by atoms with Gasteiger partial charge in [-0.25, -0.2) is 4.79 Å². The quantitative estimate of drug-likeness (QED) is 0.407. The fourth-order valence-corrected chi connectivity index (χ4v) is 11.0. The molecule has 3 aromatic rings. The van der Waals surface area contributed by atoms with Gasteiger partial charge in [-0.3, -0.25) is 14.2 Å². The average molecular weight is 579 g/mol. The molecule has 0 amide bonds. The summed E-state index contributed by atoms with van der Waals surface area (Å²) in [6, 6.07) is 19.1. The van der Waals surface area contributed by atoms with Crippen LogP contribution >= 0.6 is 0 Å². The van der Waals surface area contributed by atoms with Gasteiger partial charge in [-0.2, -0.15) is 4.57 Å². The summed E-state index contributed by atoms with van der Waals surface area (Å²) < 4.78 is 28.4. The zero-order chi connectivity index (χ0) is 29.6. The summed E-state index contributed by atoms with van der Waals surface area (Å²) in [6.45, 7) is 13.3. The fraction of sp³-hybridized carbons (Fsp3) is 0.452. The molecular formula is C31H38N2O7Si. The van der Waals surface area contributed by atoms with Crippen molar-refractivity contribution >= 4 is 14.5 Å². The van der Waals surface area contributed by atoms with Gasteiger partial charge in [-0.05, 0) is 17.7 Å². The maximum Gasteiger partial charge on any atom is 0.349 e. The number of carbonyl (C=O) groups is 1. The van der Waals surface area contributed by atoms with Crippen LogP contribution in [0.25, 0.3) is 0 Å². The van der Waals surface area contributed by atoms with Gasteiger partial charge in [-0.1, -0.05) is 90.1 Å². The molecule has 3 heterocycles. The molecule has 218 valence electrons. The molecule has 0 radical (unpaired) electrons. The molecule has 2 aliphatic heterocycles. The van der Waals surface area contributed by atoms with Crippen molar-refractivity contribution in [3.8, 4) is 0 Å². The summed E-state index contributed by atoms with van der Waals surface area (Å²) in [5, 5.41) is -0.547. The second-order valence-electron chi connectivity index (χ2n) is 12.7. The molecule has 2 aliphatic rings. The van der Waals surface area contributed by atoms with Crippen LogP contribution in [-0.4, -0.2) is 48.5 Å². The van der Waals surface area contributed by atoms with Crippen molar-refractivity contribution in [3.05, 3.63) is 105 Å². The van der Waals surface area contributed by atoms with Crippen molar-refractivity contribution in [3.63, 3.8) is 0 Å². The lowest BCUT2D eigenvalue weighted by molar-refractivity contribution is -0.0813. The fourth-order valence-electron chi connectivity index (χ4n) is 6.07. The number of ether oxygens (including phenoxy) is 2. The van der Waals surface area contributed by atoms with Crippen molar-refractivity contribution in [2.24, 2.45) is 0 Å². The largest absolute Gasteiger partial charge is 0.391 e. The smallest absolute Gasteiger partial charge is 0.349 e. The standard InChI is InChI=1S/C31H38N2O7Si/c1-30(2,3)41(31(4,5)6)38-20-23-25(40-41)26(37-19-21-13-9-7-10-14-21)28(39-23)32-18-17-24(34)33(29(32)36)27(35)22-15-11-8-12-16-22/h7-18,23,25-26,28H,19-20H2,1-6H3/t23-,25-,26-,28-/m1/s1. The van der Waals surface area contributed by atoms with Crippen LogP contribution in [0.1, 0.15) is 63.7 Å². The summed E-state index contributed by atoms with van der Waals surface area (Å²) in [4.78, 5) is 39.8. The first-order valence-corrected chi connectivity index (χ1v) is 15.7. The Kier molecular flexibility index (Phi) is 7.82. The van der Waals surface area contributed by atoms with Gasteiger partial charge >= 0.3 is 14.3 Å². The Hall–Kier alpha value is -3.15. The molecule has 9 nitrogen and oxygen atoms in total. The van der Waals surface area contributed by atoms with E-state index in [0.29, 0.717) is 4.57 Å². The van der Waals surface area contributed by atoms with Gasteiger partial charge in [0.15, 0.2) is 6.23 Å². The van der Waals surface area contributed by atoms with Gasteiger partial charge in [0.25, 0.3) is 11.5 Å². The summed E-state index contributed by atoms with van der Waals surface area (Å²) in [5.41, 5.74) is -0.346. The number of nitrogens with zero attached hydrogens (tertiary/aromatic N) is 2. The highest BCUT2D eigenvalue weighted by Crippen LogP contribution is 2.56. The van der Waals surface area contributed by atoms with Crippen LogP contribution in [0.5, 0.6) is 0 Å². The monoisotopic (exact) mass is 578 g/mol. The highest BCUT2D eigenvalue weighted by molar-refractivity contribution is 6.73. The number of carbonyl (C=O) groups excluding carboxylic acids is 1. The van der Waals surface area contributed by atoms with Crippen LogP contribution in [0.15, 0.2) is 82.5 Å². The van der Waals surface area contributed by atoms with E-state index in [-0.39, 0.29) is 28.9 Å². The average Bonchev–Trinajstić information content (AvgIpc) is 3.29. The number of hydrogen-bond donors (Lipinski definition) is 0. The third-order valence-electron chi connectivity index (χ3n) is 7.81. The van der Waals surface area contributed by atoms with E-state index in [1.165, 1.54) is 16.8 Å². The van der Waals surface area contributed by atoms with Gasteiger partial charge in [0.1, 0.15) is 18.3 Å². The van der Waals surface area contributed by atoms with Crippen LogP contribution in [0.4, 0.5) is 0 Å². The van der Waals surface area contributed by atoms with Crippen molar-refractivity contribution in [2.45, 2.75) is 82.8 Å². The van der Waals surface area contributed by atoms with Crippen molar-refractivity contribution in [1.82, 2.24) is 9.13 Å². The van der Waals surface area contributed by atoms with E-state index >= 15 is 0 Å². The first-order valence-electron chi connectivity index (χ1n) is 13.9. The normalized spacial score (nSPS) is 24.1. The second-order valence-corrected chi connectivity index (χ2v) is 17.4. The number of benzene rings is 2. The lowest BCUT2D eigenvalue weighted by Gasteiger charge is -2.53. The minimum Gasteiger partial charge on any atom is -0.391 e. The molecule has 2 fully saturated rings. The van der Waals surface area contributed by atoms with Gasteiger partial charge in [0.05, 0.1) is 13.2 Å². The molecule has 0 N–H and O–H groups in total. The minimum atomic E-state index is -2.90. The van der Waals surface area contributed by atoms with E-state index in [2.05, 4.69) is 41.5 Å². The zero-order valence-corrected chi connectivity index (χ0v) is 25.4. The molecule has 0 bridgehead atoms. The van der Waals surface area contributed by atoms with Crippen molar-refractivity contribution < 1.29 is 23.1 Å². The first-order chi connectivity index (χ1) is 19.3. The third-order valence-corrected chi connectivity index (χ3v) is 12.9. The molecule has 2 aromatic carbocycles. The summed E-state index contributed by atoms with van der Waals surface area (Å²) in [5.74, 6) is -0.710. The van der Waals surface area contributed by atoms with E-state index in [9.17, 15) is 14.4 Å². The van der Waals surface area contributed by atoms with E-state index < -0.39 is 50.3 Å². The third kappa shape index (κ3) is 5.30. The molecule has 1 aromatic heterocycles.